The maximum atomic E-state index is 13.0. The molecule has 108 valence electrons. The van der Waals surface area contributed by atoms with Gasteiger partial charge in [-0.15, -0.1) is 0 Å². The SMILES string of the molecule is CCC(N)(CC)CNS(=O)(=O)c1cc(F)cc(F)c1. The maximum Gasteiger partial charge on any atom is 0.240 e. The number of benzene rings is 1. The molecule has 7 heteroatoms. The minimum Gasteiger partial charge on any atom is -0.324 e. The van der Waals surface area contributed by atoms with Gasteiger partial charge >= 0.3 is 0 Å². The first-order chi connectivity index (χ1) is 8.72. The molecular formula is C12H18F2N2O2S. The van der Waals surface area contributed by atoms with Crippen molar-refractivity contribution in [2.75, 3.05) is 6.54 Å². The molecule has 0 radical (unpaired) electrons. The van der Waals surface area contributed by atoms with Crippen LogP contribution in [-0.2, 0) is 10.0 Å². The molecule has 0 fully saturated rings. The topological polar surface area (TPSA) is 72.2 Å². The molecule has 0 atom stereocenters. The molecule has 0 unspecified atom stereocenters. The van der Waals surface area contributed by atoms with E-state index in [1.807, 2.05) is 13.8 Å². The average Bonchev–Trinajstić information content (AvgIpc) is 2.35. The lowest BCUT2D eigenvalue weighted by Crippen LogP contribution is -2.49. The Hall–Kier alpha value is -1.05. The number of hydrogen-bond donors (Lipinski definition) is 2. The van der Waals surface area contributed by atoms with E-state index in [4.69, 9.17) is 5.73 Å². The molecule has 0 aliphatic heterocycles. The van der Waals surface area contributed by atoms with Crippen molar-refractivity contribution in [2.45, 2.75) is 37.1 Å². The average molecular weight is 292 g/mol. The van der Waals surface area contributed by atoms with Crippen LogP contribution in [0.2, 0.25) is 0 Å². The van der Waals surface area contributed by atoms with Gasteiger partial charge < -0.3 is 5.73 Å². The highest BCUT2D eigenvalue weighted by Crippen LogP contribution is 2.15. The molecule has 3 N–H and O–H groups in total. The van der Waals surface area contributed by atoms with Crippen molar-refractivity contribution in [2.24, 2.45) is 5.73 Å². The molecule has 4 nitrogen and oxygen atoms in total. The summed E-state index contributed by atoms with van der Waals surface area (Å²) in [7, 11) is -3.97. The van der Waals surface area contributed by atoms with Crippen LogP contribution in [0, 0.1) is 11.6 Å². The van der Waals surface area contributed by atoms with Crippen LogP contribution in [0.1, 0.15) is 26.7 Å². The first kappa shape index (κ1) is 16.0. The third-order valence-electron chi connectivity index (χ3n) is 3.17. The monoisotopic (exact) mass is 292 g/mol. The molecule has 1 aromatic carbocycles. The lowest BCUT2D eigenvalue weighted by atomic mass is 9.95. The molecule has 0 spiro atoms. The molecule has 0 aromatic heterocycles. The van der Waals surface area contributed by atoms with Gasteiger partial charge in [-0.2, -0.15) is 0 Å². The highest BCUT2D eigenvalue weighted by atomic mass is 32.2. The summed E-state index contributed by atoms with van der Waals surface area (Å²) in [5.74, 6) is -1.88. The molecule has 1 aromatic rings. The normalized spacial score (nSPS) is 12.7. The van der Waals surface area contributed by atoms with E-state index in [0.29, 0.717) is 18.9 Å². The lowest BCUT2D eigenvalue weighted by molar-refractivity contribution is 0.391. The van der Waals surface area contributed by atoms with Crippen LogP contribution in [0.3, 0.4) is 0 Å². The third-order valence-corrected chi connectivity index (χ3v) is 4.55. The van der Waals surface area contributed by atoms with Gasteiger partial charge in [-0.3, -0.25) is 0 Å². The van der Waals surface area contributed by atoms with Crippen molar-refractivity contribution in [3.63, 3.8) is 0 Å². The standard InChI is InChI=1S/C12H18F2N2O2S/c1-3-12(15,4-2)8-16-19(17,18)11-6-9(13)5-10(14)7-11/h5-7,16H,3-4,8,15H2,1-2H3. The molecule has 0 amide bonds. The summed E-state index contributed by atoms with van der Waals surface area (Å²) in [6.45, 7) is 3.71. The van der Waals surface area contributed by atoms with Crippen molar-refractivity contribution >= 4 is 10.0 Å². The Morgan fingerprint density at radius 3 is 2.05 bits per heavy atom. The highest BCUT2D eigenvalue weighted by molar-refractivity contribution is 7.89. The maximum absolute atomic E-state index is 13.0. The van der Waals surface area contributed by atoms with Crippen LogP contribution in [0.15, 0.2) is 23.1 Å². The summed E-state index contributed by atoms with van der Waals surface area (Å²) in [5, 5.41) is 0. The fourth-order valence-electron chi connectivity index (χ4n) is 1.51. The van der Waals surface area contributed by atoms with Gasteiger partial charge in [0.05, 0.1) is 4.90 Å². The smallest absolute Gasteiger partial charge is 0.240 e. The summed E-state index contributed by atoms with van der Waals surface area (Å²) >= 11 is 0. The third kappa shape index (κ3) is 4.22. The molecule has 0 aliphatic carbocycles. The molecule has 0 bridgehead atoms. The van der Waals surface area contributed by atoms with Gasteiger partial charge in [-0.05, 0) is 25.0 Å². The first-order valence-electron chi connectivity index (χ1n) is 5.97. The van der Waals surface area contributed by atoms with Crippen molar-refractivity contribution in [3.05, 3.63) is 29.8 Å². The highest BCUT2D eigenvalue weighted by Gasteiger charge is 2.24. The van der Waals surface area contributed by atoms with Crippen molar-refractivity contribution in [1.82, 2.24) is 4.72 Å². The quantitative estimate of drug-likeness (QED) is 0.839. The van der Waals surface area contributed by atoms with Gasteiger partial charge in [0, 0.05) is 18.2 Å². The Labute approximate surface area is 112 Å². The van der Waals surface area contributed by atoms with Crippen molar-refractivity contribution in [1.29, 1.82) is 0 Å². The largest absolute Gasteiger partial charge is 0.324 e. The Morgan fingerprint density at radius 2 is 1.63 bits per heavy atom. The van der Waals surface area contributed by atoms with Crippen LogP contribution < -0.4 is 10.5 Å². The van der Waals surface area contributed by atoms with E-state index in [-0.39, 0.29) is 6.54 Å². The summed E-state index contributed by atoms with van der Waals surface area (Å²) in [6, 6.07) is 2.15. The minimum absolute atomic E-state index is 0.0144. The second-order valence-corrected chi connectivity index (χ2v) is 6.27. The zero-order chi connectivity index (χ0) is 14.7. The molecule has 0 aliphatic rings. The van der Waals surface area contributed by atoms with Crippen molar-refractivity contribution in [3.8, 4) is 0 Å². The van der Waals surface area contributed by atoms with E-state index in [1.54, 1.807) is 0 Å². The zero-order valence-electron chi connectivity index (χ0n) is 10.9. The van der Waals surface area contributed by atoms with Crippen molar-refractivity contribution < 1.29 is 17.2 Å². The summed E-state index contributed by atoms with van der Waals surface area (Å²) < 4.78 is 52.1. The molecule has 0 saturated heterocycles. The Morgan fingerprint density at radius 1 is 1.16 bits per heavy atom. The zero-order valence-corrected chi connectivity index (χ0v) is 11.7. The second-order valence-electron chi connectivity index (χ2n) is 4.50. The summed E-state index contributed by atoms with van der Waals surface area (Å²) in [6.07, 6.45) is 1.17. The number of hydrogen-bond acceptors (Lipinski definition) is 3. The van der Waals surface area contributed by atoms with E-state index in [9.17, 15) is 17.2 Å². The number of sulfonamides is 1. The van der Waals surface area contributed by atoms with Crippen LogP contribution >= 0.6 is 0 Å². The van der Waals surface area contributed by atoms with Gasteiger partial charge in [-0.25, -0.2) is 21.9 Å². The van der Waals surface area contributed by atoms with E-state index >= 15 is 0 Å². The van der Waals surface area contributed by atoms with E-state index in [1.165, 1.54) is 0 Å². The summed E-state index contributed by atoms with van der Waals surface area (Å²) in [5.41, 5.74) is 5.30. The fourth-order valence-corrected chi connectivity index (χ4v) is 2.69. The van der Waals surface area contributed by atoms with Gasteiger partial charge in [0.1, 0.15) is 11.6 Å². The predicted molar refractivity (Wildman–Crippen MR) is 69.0 cm³/mol. The van der Waals surface area contributed by atoms with Crippen LogP contribution in [0.25, 0.3) is 0 Å². The van der Waals surface area contributed by atoms with Gasteiger partial charge in [0.15, 0.2) is 0 Å². The second kappa shape index (κ2) is 5.94. The molecule has 19 heavy (non-hydrogen) atoms. The number of halogens is 2. The molecule has 0 heterocycles. The van der Waals surface area contributed by atoms with Crippen LogP contribution in [0.5, 0.6) is 0 Å². The van der Waals surface area contributed by atoms with Gasteiger partial charge in [-0.1, -0.05) is 13.8 Å². The van der Waals surface area contributed by atoms with Crippen LogP contribution in [0.4, 0.5) is 8.78 Å². The molecule has 0 saturated carbocycles. The van der Waals surface area contributed by atoms with Crippen LogP contribution in [-0.4, -0.2) is 20.5 Å². The van der Waals surface area contributed by atoms with Gasteiger partial charge in [0.25, 0.3) is 0 Å². The Bertz CT molecular complexity index is 522. The predicted octanol–water partition coefficient (Wildman–Crippen LogP) is 1.76. The van der Waals surface area contributed by atoms with E-state index in [0.717, 1.165) is 12.1 Å². The number of rotatable bonds is 6. The Kier molecular flexibility index (Phi) is 5.00. The molecular weight excluding hydrogens is 274 g/mol. The Balaban J connectivity index is 2.93. The number of nitrogens with two attached hydrogens (primary N) is 1. The minimum atomic E-state index is -3.97. The van der Waals surface area contributed by atoms with E-state index in [2.05, 4.69) is 4.72 Å². The number of nitrogens with one attached hydrogen (secondary N) is 1. The first-order valence-corrected chi connectivity index (χ1v) is 7.45. The molecule has 1 rings (SSSR count). The van der Waals surface area contributed by atoms with Gasteiger partial charge in [0.2, 0.25) is 10.0 Å². The lowest BCUT2D eigenvalue weighted by Gasteiger charge is -2.26. The van der Waals surface area contributed by atoms with E-state index < -0.39 is 32.1 Å². The fraction of sp³-hybridized carbons (Fsp3) is 0.500. The summed E-state index contributed by atoms with van der Waals surface area (Å²) in [4.78, 5) is -0.445.